The number of carbonyl (C=O) groups is 1. The van der Waals surface area contributed by atoms with Gasteiger partial charge in [0.05, 0.1) is 27.7 Å². The minimum Gasteiger partial charge on any atom is -0.391 e. The van der Waals surface area contributed by atoms with Gasteiger partial charge in [-0.3, -0.25) is 4.79 Å². The first-order chi connectivity index (χ1) is 5.83. The third kappa shape index (κ3) is 24.5. The van der Waals surface area contributed by atoms with Crippen LogP contribution >= 0.6 is 15.9 Å². The molecule has 0 aliphatic carbocycles. The molecule has 0 aromatic carbocycles. The SMILES string of the molecule is CCCC(=O)Br.C[N+](C)(C)CCO. The van der Waals surface area contributed by atoms with Crippen LogP contribution in [-0.4, -0.2) is 48.6 Å². The quantitative estimate of drug-likeness (QED) is 0.609. The van der Waals surface area contributed by atoms with Crippen LogP contribution in [0.25, 0.3) is 0 Å². The smallest absolute Gasteiger partial charge is 0.197 e. The first-order valence-corrected chi connectivity index (χ1v) is 5.22. The standard InChI is InChI=1S/C5H14NO.C4H7BrO/c1-6(2,3)4-5-7;1-2-3-4(5)6/h7H,4-5H2,1-3H3;2-3H2,1H3/q+1;. The minimum absolute atomic E-state index is 0.102. The van der Waals surface area contributed by atoms with Gasteiger partial charge in [-0.15, -0.1) is 0 Å². The van der Waals surface area contributed by atoms with E-state index in [9.17, 15) is 4.79 Å². The predicted octanol–water partition coefficient (Wildman–Crippen LogP) is 1.39. The summed E-state index contributed by atoms with van der Waals surface area (Å²) in [5.74, 6) is 0. The van der Waals surface area contributed by atoms with Gasteiger partial charge in [0.15, 0.2) is 4.69 Å². The number of hydrogen-bond acceptors (Lipinski definition) is 2. The van der Waals surface area contributed by atoms with Gasteiger partial charge in [0.2, 0.25) is 0 Å². The van der Waals surface area contributed by atoms with Crippen molar-refractivity contribution in [3.8, 4) is 0 Å². The summed E-state index contributed by atoms with van der Waals surface area (Å²) in [6, 6.07) is 0. The number of hydrogen-bond donors (Lipinski definition) is 1. The zero-order chi connectivity index (χ0) is 10.9. The molecule has 4 heteroatoms. The van der Waals surface area contributed by atoms with E-state index in [-0.39, 0.29) is 11.3 Å². The molecule has 0 aromatic heterocycles. The molecule has 0 heterocycles. The van der Waals surface area contributed by atoms with Crippen molar-refractivity contribution < 1.29 is 14.4 Å². The van der Waals surface area contributed by atoms with E-state index >= 15 is 0 Å². The molecule has 0 aliphatic heterocycles. The highest BCUT2D eigenvalue weighted by Gasteiger charge is 2.02. The summed E-state index contributed by atoms with van der Waals surface area (Å²) in [7, 11) is 6.16. The number of aliphatic hydroxyl groups excluding tert-OH is 1. The van der Waals surface area contributed by atoms with E-state index in [1.807, 2.05) is 6.92 Å². The molecular formula is C9H21BrNO2+. The van der Waals surface area contributed by atoms with Crippen LogP contribution in [0.2, 0.25) is 0 Å². The van der Waals surface area contributed by atoms with E-state index in [1.165, 1.54) is 0 Å². The van der Waals surface area contributed by atoms with Gasteiger partial charge in [-0.2, -0.15) is 0 Å². The summed E-state index contributed by atoms with van der Waals surface area (Å²) in [6.07, 6.45) is 1.59. The summed E-state index contributed by atoms with van der Waals surface area (Å²) >= 11 is 2.80. The number of nitrogens with zero attached hydrogens (tertiary/aromatic N) is 1. The Morgan fingerprint density at radius 3 is 1.85 bits per heavy atom. The van der Waals surface area contributed by atoms with Crippen LogP contribution in [0.1, 0.15) is 19.8 Å². The van der Waals surface area contributed by atoms with Crippen LogP contribution in [-0.2, 0) is 4.79 Å². The number of aliphatic hydroxyl groups is 1. The van der Waals surface area contributed by atoms with Crippen molar-refractivity contribution in [2.45, 2.75) is 19.8 Å². The number of carbonyl (C=O) groups excluding carboxylic acids is 1. The van der Waals surface area contributed by atoms with E-state index in [1.54, 1.807) is 0 Å². The molecule has 1 N–H and O–H groups in total. The largest absolute Gasteiger partial charge is 0.391 e. The van der Waals surface area contributed by atoms with Crippen molar-refractivity contribution in [2.24, 2.45) is 0 Å². The number of quaternary nitrogens is 1. The molecule has 0 spiro atoms. The fourth-order valence-electron chi connectivity index (χ4n) is 0.497. The van der Waals surface area contributed by atoms with Gasteiger partial charge in [0.1, 0.15) is 6.54 Å². The monoisotopic (exact) mass is 254 g/mol. The lowest BCUT2D eigenvalue weighted by atomic mass is 10.4. The lowest BCUT2D eigenvalue weighted by Gasteiger charge is -2.21. The third-order valence-electron chi connectivity index (χ3n) is 1.22. The topological polar surface area (TPSA) is 37.3 Å². The van der Waals surface area contributed by atoms with Crippen molar-refractivity contribution >= 4 is 20.6 Å². The summed E-state index contributed by atoms with van der Waals surface area (Å²) in [5.41, 5.74) is 0. The molecule has 0 saturated carbocycles. The maximum atomic E-state index is 9.96. The van der Waals surface area contributed by atoms with E-state index in [2.05, 4.69) is 37.1 Å². The molecule has 3 nitrogen and oxygen atoms in total. The number of rotatable bonds is 4. The van der Waals surface area contributed by atoms with Crippen LogP contribution < -0.4 is 0 Å². The highest BCUT2D eigenvalue weighted by Crippen LogP contribution is 1.93. The maximum absolute atomic E-state index is 9.96. The minimum atomic E-state index is 0.102. The molecule has 0 aromatic rings. The van der Waals surface area contributed by atoms with Crippen molar-refractivity contribution in [3.05, 3.63) is 0 Å². The Balaban J connectivity index is 0. The molecule has 80 valence electrons. The van der Waals surface area contributed by atoms with E-state index in [0.717, 1.165) is 17.4 Å². The summed E-state index contributed by atoms with van der Waals surface area (Å²) in [4.78, 5) is 9.96. The first-order valence-electron chi connectivity index (χ1n) is 4.43. The van der Waals surface area contributed by atoms with E-state index in [4.69, 9.17) is 5.11 Å². The first kappa shape index (κ1) is 15.5. The Hall–Kier alpha value is 0.0700. The second-order valence-corrected chi connectivity index (χ2v) is 4.73. The second-order valence-electron chi connectivity index (χ2n) is 3.84. The van der Waals surface area contributed by atoms with Gasteiger partial charge in [-0.1, -0.05) is 6.92 Å². The average molecular weight is 255 g/mol. The maximum Gasteiger partial charge on any atom is 0.197 e. The molecule has 13 heavy (non-hydrogen) atoms. The molecule has 0 radical (unpaired) electrons. The third-order valence-corrected chi connectivity index (χ3v) is 1.61. The van der Waals surface area contributed by atoms with Crippen LogP contribution in [0, 0.1) is 0 Å². The molecule has 0 saturated heterocycles. The zero-order valence-corrected chi connectivity index (χ0v) is 10.6. The Kier molecular flexibility index (Phi) is 10.3. The van der Waals surface area contributed by atoms with Crippen molar-refractivity contribution in [1.82, 2.24) is 0 Å². The van der Waals surface area contributed by atoms with Crippen molar-refractivity contribution in [3.63, 3.8) is 0 Å². The van der Waals surface area contributed by atoms with E-state index < -0.39 is 0 Å². The van der Waals surface area contributed by atoms with Gasteiger partial charge in [-0.05, 0) is 22.4 Å². The number of halogens is 1. The van der Waals surface area contributed by atoms with Crippen LogP contribution in [0.5, 0.6) is 0 Å². The van der Waals surface area contributed by atoms with Gasteiger partial charge >= 0.3 is 0 Å². The van der Waals surface area contributed by atoms with Crippen LogP contribution in [0.4, 0.5) is 0 Å². The Bertz CT molecular complexity index is 132. The van der Waals surface area contributed by atoms with Gasteiger partial charge in [-0.25, -0.2) is 0 Å². The highest BCUT2D eigenvalue weighted by molar-refractivity contribution is 9.18. The zero-order valence-electron chi connectivity index (χ0n) is 9.01. The highest BCUT2D eigenvalue weighted by atomic mass is 79.9. The van der Waals surface area contributed by atoms with Crippen molar-refractivity contribution in [2.75, 3.05) is 34.3 Å². The molecule has 0 bridgehead atoms. The van der Waals surface area contributed by atoms with E-state index in [0.29, 0.717) is 6.42 Å². The summed E-state index contributed by atoms with van der Waals surface area (Å²) < 4.78 is 0.946. The molecule has 0 atom stereocenters. The predicted molar refractivity (Wildman–Crippen MR) is 58.8 cm³/mol. The van der Waals surface area contributed by atoms with Gasteiger partial charge in [0, 0.05) is 6.42 Å². The molecule has 0 rings (SSSR count). The second kappa shape index (κ2) is 8.66. The summed E-state index contributed by atoms with van der Waals surface area (Å²) in [5, 5.41) is 8.39. The Morgan fingerprint density at radius 1 is 1.38 bits per heavy atom. The molecule has 0 amide bonds. The molecular weight excluding hydrogens is 234 g/mol. The van der Waals surface area contributed by atoms with Crippen molar-refractivity contribution in [1.29, 1.82) is 0 Å². The lowest BCUT2D eigenvalue weighted by molar-refractivity contribution is -0.870. The lowest BCUT2D eigenvalue weighted by Crippen LogP contribution is -2.36. The molecule has 0 unspecified atom stereocenters. The molecule has 0 aliphatic rings. The normalized spacial score (nSPS) is 10.3. The fourth-order valence-corrected chi connectivity index (χ4v) is 0.893. The summed E-state index contributed by atoms with van der Waals surface area (Å²) in [6.45, 7) is 3.09. The van der Waals surface area contributed by atoms with Gasteiger partial charge < -0.3 is 9.59 Å². The molecule has 0 fully saturated rings. The van der Waals surface area contributed by atoms with Gasteiger partial charge in [0.25, 0.3) is 0 Å². The average Bonchev–Trinajstić information content (AvgIpc) is 1.84. The Morgan fingerprint density at radius 2 is 1.85 bits per heavy atom. The fraction of sp³-hybridized carbons (Fsp3) is 0.889. The number of likely N-dealkylation sites (N-methyl/N-ethyl adjacent to an activating group) is 1. The Labute approximate surface area is 89.5 Å². The van der Waals surface area contributed by atoms with Crippen LogP contribution in [0.3, 0.4) is 0 Å². The van der Waals surface area contributed by atoms with Crippen LogP contribution in [0.15, 0.2) is 0 Å².